The van der Waals surface area contributed by atoms with E-state index in [0.717, 1.165) is 24.2 Å². The molecular weight excluding hydrogens is 402 g/mol. The predicted molar refractivity (Wildman–Crippen MR) is 118 cm³/mol. The monoisotopic (exact) mass is 425 g/mol. The Morgan fingerprint density at radius 2 is 1.57 bits per heavy atom. The molecule has 3 aromatic rings. The molecule has 0 heterocycles. The van der Waals surface area contributed by atoms with Crippen LogP contribution in [0.5, 0.6) is 11.5 Å². The maximum atomic E-state index is 12.3. The van der Waals surface area contributed by atoms with E-state index in [4.69, 9.17) is 31.5 Å². The van der Waals surface area contributed by atoms with Crippen molar-refractivity contribution in [3.8, 4) is 11.5 Å². The minimum atomic E-state index is -0.417. The number of halogens is 1. The number of unbranched alkanes of at least 4 members (excludes halogenated alkanes) is 1. The highest BCUT2D eigenvalue weighted by Crippen LogP contribution is 2.24. The molecule has 0 aliphatic heterocycles. The van der Waals surface area contributed by atoms with Gasteiger partial charge in [-0.05, 0) is 60.9 Å². The number of nitrogen functional groups attached to an aromatic ring is 1. The van der Waals surface area contributed by atoms with E-state index in [0.29, 0.717) is 35.2 Å². The molecule has 5 nitrogen and oxygen atoms in total. The van der Waals surface area contributed by atoms with Crippen LogP contribution in [0.25, 0.3) is 0 Å². The van der Waals surface area contributed by atoms with Gasteiger partial charge in [0.05, 0.1) is 24.5 Å². The number of rotatable bonds is 10. The van der Waals surface area contributed by atoms with Gasteiger partial charge >= 0.3 is 5.97 Å². The number of hydrogen-bond donors (Lipinski definition) is 1. The summed E-state index contributed by atoms with van der Waals surface area (Å²) >= 11 is 5.85. The van der Waals surface area contributed by atoms with Gasteiger partial charge in [-0.25, -0.2) is 4.79 Å². The molecule has 0 bridgehead atoms. The summed E-state index contributed by atoms with van der Waals surface area (Å²) in [7, 11) is 0. The van der Waals surface area contributed by atoms with Gasteiger partial charge in [-0.15, -0.1) is 0 Å². The summed E-state index contributed by atoms with van der Waals surface area (Å²) in [6.45, 7) is 1.26. The average molecular weight is 426 g/mol. The molecule has 0 aliphatic carbocycles. The molecule has 2 N–H and O–H groups in total. The fraction of sp³-hybridized carbons (Fsp3) is 0.208. The number of hydrogen-bond acceptors (Lipinski definition) is 5. The van der Waals surface area contributed by atoms with Gasteiger partial charge in [-0.3, -0.25) is 0 Å². The summed E-state index contributed by atoms with van der Waals surface area (Å²) in [5.74, 6) is 0.842. The van der Waals surface area contributed by atoms with Gasteiger partial charge in [0.1, 0.15) is 18.1 Å². The third kappa shape index (κ3) is 6.71. The van der Waals surface area contributed by atoms with Gasteiger partial charge < -0.3 is 19.9 Å². The van der Waals surface area contributed by atoms with E-state index in [1.54, 1.807) is 30.3 Å². The molecule has 0 atom stereocenters. The van der Waals surface area contributed by atoms with Crippen LogP contribution in [-0.4, -0.2) is 19.2 Å². The Kier molecular flexibility index (Phi) is 7.98. The van der Waals surface area contributed by atoms with Crippen LogP contribution in [0.15, 0.2) is 72.8 Å². The molecule has 0 amide bonds. The number of ether oxygens (including phenoxy) is 3. The quantitative estimate of drug-likeness (QED) is 0.263. The van der Waals surface area contributed by atoms with E-state index >= 15 is 0 Å². The summed E-state index contributed by atoms with van der Waals surface area (Å²) < 4.78 is 16.8. The molecular formula is C24H24ClNO4. The fourth-order valence-corrected chi connectivity index (χ4v) is 2.83. The largest absolute Gasteiger partial charge is 0.494 e. The molecule has 0 saturated heterocycles. The molecule has 0 aromatic heterocycles. The standard InChI is InChI=1S/C24H24ClNO4/c25-20-9-11-21(12-10-20)28-14-4-5-15-29-23-16-19(8-13-22(23)26)24(27)30-17-18-6-2-1-3-7-18/h1-3,6-13,16H,4-5,14-15,17,26H2. The van der Waals surface area contributed by atoms with Gasteiger partial charge in [0, 0.05) is 5.02 Å². The molecule has 0 fully saturated rings. The van der Waals surface area contributed by atoms with E-state index in [1.165, 1.54) is 0 Å². The van der Waals surface area contributed by atoms with Crippen molar-refractivity contribution < 1.29 is 19.0 Å². The number of esters is 1. The minimum Gasteiger partial charge on any atom is -0.494 e. The second-order valence-electron chi connectivity index (χ2n) is 6.67. The highest BCUT2D eigenvalue weighted by molar-refractivity contribution is 6.30. The van der Waals surface area contributed by atoms with Crippen molar-refractivity contribution in [2.24, 2.45) is 0 Å². The van der Waals surface area contributed by atoms with Gasteiger partial charge in [-0.1, -0.05) is 41.9 Å². The first-order valence-electron chi connectivity index (χ1n) is 9.73. The molecule has 3 aromatic carbocycles. The molecule has 30 heavy (non-hydrogen) atoms. The molecule has 0 unspecified atom stereocenters. The molecule has 0 spiro atoms. The SMILES string of the molecule is Nc1ccc(C(=O)OCc2ccccc2)cc1OCCCCOc1ccc(Cl)cc1. The maximum Gasteiger partial charge on any atom is 0.338 e. The molecule has 0 saturated carbocycles. The summed E-state index contributed by atoms with van der Waals surface area (Å²) in [5, 5.41) is 0.680. The van der Waals surface area contributed by atoms with E-state index in [-0.39, 0.29) is 6.61 Å². The van der Waals surface area contributed by atoms with Crippen molar-refractivity contribution in [2.45, 2.75) is 19.4 Å². The minimum absolute atomic E-state index is 0.216. The van der Waals surface area contributed by atoms with E-state index in [9.17, 15) is 4.79 Å². The van der Waals surface area contributed by atoms with Crippen LogP contribution >= 0.6 is 11.6 Å². The lowest BCUT2D eigenvalue weighted by molar-refractivity contribution is 0.0472. The van der Waals surface area contributed by atoms with Crippen molar-refractivity contribution in [1.29, 1.82) is 0 Å². The van der Waals surface area contributed by atoms with Crippen molar-refractivity contribution in [2.75, 3.05) is 18.9 Å². The highest BCUT2D eigenvalue weighted by Gasteiger charge is 2.11. The van der Waals surface area contributed by atoms with Crippen LogP contribution in [-0.2, 0) is 11.3 Å². The van der Waals surface area contributed by atoms with E-state index in [1.807, 2.05) is 42.5 Å². The van der Waals surface area contributed by atoms with Crippen molar-refractivity contribution in [1.82, 2.24) is 0 Å². The van der Waals surface area contributed by atoms with Gasteiger partial charge in [-0.2, -0.15) is 0 Å². The van der Waals surface area contributed by atoms with E-state index < -0.39 is 5.97 Å². The smallest absolute Gasteiger partial charge is 0.338 e. The Morgan fingerprint density at radius 3 is 2.30 bits per heavy atom. The van der Waals surface area contributed by atoms with E-state index in [2.05, 4.69) is 0 Å². The van der Waals surface area contributed by atoms with Gasteiger partial charge in [0.25, 0.3) is 0 Å². The van der Waals surface area contributed by atoms with Crippen molar-refractivity contribution >= 4 is 23.3 Å². The van der Waals surface area contributed by atoms with Crippen LogP contribution < -0.4 is 15.2 Å². The number of carbonyl (C=O) groups is 1. The highest BCUT2D eigenvalue weighted by atomic mass is 35.5. The lowest BCUT2D eigenvalue weighted by atomic mass is 10.2. The zero-order chi connectivity index (χ0) is 21.2. The Hall–Kier alpha value is -3.18. The third-order valence-corrected chi connectivity index (χ3v) is 4.59. The maximum absolute atomic E-state index is 12.3. The second-order valence-corrected chi connectivity index (χ2v) is 7.11. The van der Waals surface area contributed by atoms with Crippen LogP contribution in [0.3, 0.4) is 0 Å². The first kappa shape index (κ1) is 21.5. The van der Waals surface area contributed by atoms with Gasteiger partial charge in [0.15, 0.2) is 0 Å². The fourth-order valence-electron chi connectivity index (χ4n) is 2.70. The summed E-state index contributed by atoms with van der Waals surface area (Å²) in [6.07, 6.45) is 1.61. The lowest BCUT2D eigenvalue weighted by Crippen LogP contribution is -2.08. The number of benzene rings is 3. The zero-order valence-electron chi connectivity index (χ0n) is 16.6. The molecule has 0 radical (unpaired) electrons. The van der Waals surface area contributed by atoms with Crippen LogP contribution in [0.2, 0.25) is 5.02 Å². The number of carbonyl (C=O) groups excluding carboxylic acids is 1. The molecule has 6 heteroatoms. The third-order valence-electron chi connectivity index (χ3n) is 4.34. The van der Waals surface area contributed by atoms with Gasteiger partial charge in [0.2, 0.25) is 0 Å². The van der Waals surface area contributed by atoms with Crippen LogP contribution in [0, 0.1) is 0 Å². The Balaban J connectivity index is 1.42. The lowest BCUT2D eigenvalue weighted by Gasteiger charge is -2.11. The molecule has 0 aliphatic rings. The first-order chi connectivity index (χ1) is 14.6. The molecule has 3 rings (SSSR count). The summed E-state index contributed by atoms with van der Waals surface area (Å²) in [4.78, 5) is 12.3. The summed E-state index contributed by atoms with van der Waals surface area (Å²) in [5.41, 5.74) is 7.78. The van der Waals surface area contributed by atoms with Crippen molar-refractivity contribution in [3.63, 3.8) is 0 Å². The zero-order valence-corrected chi connectivity index (χ0v) is 17.3. The Morgan fingerprint density at radius 1 is 0.867 bits per heavy atom. The first-order valence-corrected chi connectivity index (χ1v) is 10.1. The predicted octanol–water partition coefficient (Wildman–Crippen LogP) is 5.52. The number of nitrogens with two attached hydrogens (primary N) is 1. The van der Waals surface area contributed by atoms with Crippen LogP contribution in [0.1, 0.15) is 28.8 Å². The normalized spacial score (nSPS) is 10.4. The summed E-state index contributed by atoms with van der Waals surface area (Å²) in [6, 6.07) is 21.7. The van der Waals surface area contributed by atoms with Crippen LogP contribution in [0.4, 0.5) is 5.69 Å². The topological polar surface area (TPSA) is 70.8 Å². The number of anilines is 1. The molecule has 156 valence electrons. The Labute approximate surface area is 181 Å². The second kappa shape index (κ2) is 11.1. The van der Waals surface area contributed by atoms with Crippen molar-refractivity contribution in [3.05, 3.63) is 88.9 Å². The average Bonchev–Trinajstić information content (AvgIpc) is 2.77. The Bertz CT molecular complexity index is 945.